The normalized spacial score (nSPS) is 15.8. The fourth-order valence-corrected chi connectivity index (χ4v) is 3.15. The van der Waals surface area contributed by atoms with Crippen LogP contribution >= 0.6 is 0 Å². The number of nitrogens with one attached hydrogen (secondary N) is 1. The number of anilines is 1. The Labute approximate surface area is 143 Å². The van der Waals surface area contributed by atoms with Gasteiger partial charge >= 0.3 is 0 Å². The van der Waals surface area contributed by atoms with Crippen LogP contribution in [-0.4, -0.2) is 30.9 Å². The van der Waals surface area contributed by atoms with Crippen LogP contribution in [0.2, 0.25) is 0 Å². The van der Waals surface area contributed by atoms with E-state index in [2.05, 4.69) is 31.7 Å². The van der Waals surface area contributed by atoms with Gasteiger partial charge in [-0.2, -0.15) is 14.9 Å². The summed E-state index contributed by atoms with van der Waals surface area (Å²) >= 11 is 0. The van der Waals surface area contributed by atoms with Crippen molar-refractivity contribution in [2.75, 3.05) is 5.32 Å². The van der Waals surface area contributed by atoms with Crippen LogP contribution in [0.15, 0.2) is 36.5 Å². The first-order valence-electron chi connectivity index (χ1n) is 8.08. The van der Waals surface area contributed by atoms with Crippen molar-refractivity contribution < 1.29 is 4.79 Å². The lowest BCUT2D eigenvalue weighted by Crippen LogP contribution is -2.33. The minimum absolute atomic E-state index is 0.156. The maximum Gasteiger partial charge on any atom is 0.247 e. The van der Waals surface area contributed by atoms with Crippen molar-refractivity contribution in [2.45, 2.75) is 25.7 Å². The molecule has 4 rings (SSSR count). The Hall–Kier alpha value is -3.34. The van der Waals surface area contributed by atoms with E-state index >= 15 is 0 Å². The molecular formula is C17H15N7O. The molecule has 0 saturated heterocycles. The van der Waals surface area contributed by atoms with Crippen molar-refractivity contribution >= 4 is 22.9 Å². The maximum atomic E-state index is 12.5. The van der Waals surface area contributed by atoms with E-state index in [1.807, 2.05) is 24.3 Å². The molecule has 124 valence electrons. The summed E-state index contributed by atoms with van der Waals surface area (Å²) in [5.74, 6) is 0.313. The number of hydrogen-bond donors (Lipinski definition) is 1. The van der Waals surface area contributed by atoms with E-state index < -0.39 is 5.41 Å². The van der Waals surface area contributed by atoms with Gasteiger partial charge in [0.1, 0.15) is 10.9 Å². The zero-order valence-electron chi connectivity index (χ0n) is 13.4. The number of carbonyl (C=O) groups is 1. The van der Waals surface area contributed by atoms with Gasteiger partial charge in [0.25, 0.3) is 0 Å². The number of aromatic nitrogens is 5. The van der Waals surface area contributed by atoms with E-state index in [4.69, 9.17) is 0 Å². The predicted octanol–water partition coefficient (Wildman–Crippen LogP) is 2.23. The summed E-state index contributed by atoms with van der Waals surface area (Å²) in [5, 5.41) is 20.3. The van der Waals surface area contributed by atoms with Crippen LogP contribution in [0.25, 0.3) is 16.9 Å². The van der Waals surface area contributed by atoms with Crippen LogP contribution in [-0.2, 0) is 4.79 Å². The first-order valence-corrected chi connectivity index (χ1v) is 8.08. The van der Waals surface area contributed by atoms with Crippen molar-refractivity contribution in [3.63, 3.8) is 0 Å². The molecule has 0 bridgehead atoms. The third kappa shape index (κ3) is 2.59. The molecule has 3 aromatic rings. The number of benzene rings is 1. The number of carbonyl (C=O) groups excluding carboxylic acids is 1. The molecule has 25 heavy (non-hydrogen) atoms. The Balaban J connectivity index is 1.64. The highest BCUT2D eigenvalue weighted by atomic mass is 16.2. The van der Waals surface area contributed by atoms with Gasteiger partial charge in [0.15, 0.2) is 5.82 Å². The number of nitrogens with zero attached hydrogens (tertiary/aromatic N) is 6. The number of amides is 1. The third-order valence-electron chi connectivity index (χ3n) is 4.54. The molecule has 8 heteroatoms. The Kier molecular flexibility index (Phi) is 3.61. The molecule has 0 unspecified atom stereocenters. The number of rotatable bonds is 3. The summed E-state index contributed by atoms with van der Waals surface area (Å²) in [6.07, 6.45) is 4.45. The molecule has 0 atom stereocenters. The fraction of sp³-hybridized carbons (Fsp3) is 0.294. The van der Waals surface area contributed by atoms with Gasteiger partial charge in [0, 0.05) is 12.3 Å². The molecule has 1 aliphatic rings. The van der Waals surface area contributed by atoms with E-state index in [1.165, 1.54) is 0 Å². The average Bonchev–Trinajstić information content (AvgIpc) is 3.30. The molecule has 0 aliphatic heterocycles. The van der Waals surface area contributed by atoms with Gasteiger partial charge in [-0.3, -0.25) is 10.1 Å². The highest BCUT2D eigenvalue weighted by molar-refractivity contribution is 5.96. The molecule has 2 aromatic heterocycles. The Morgan fingerprint density at radius 3 is 2.84 bits per heavy atom. The first-order chi connectivity index (χ1) is 12.2. The predicted molar refractivity (Wildman–Crippen MR) is 89.6 cm³/mol. The first kappa shape index (κ1) is 15.2. The summed E-state index contributed by atoms with van der Waals surface area (Å²) in [4.78, 5) is 21.0. The highest BCUT2D eigenvalue weighted by Crippen LogP contribution is 2.38. The molecular weight excluding hydrogens is 318 g/mol. The average molecular weight is 333 g/mol. The second kappa shape index (κ2) is 5.94. The molecule has 1 aliphatic carbocycles. The lowest BCUT2D eigenvalue weighted by Gasteiger charge is -2.18. The van der Waals surface area contributed by atoms with Crippen LogP contribution in [0.3, 0.4) is 0 Å². The molecule has 0 spiro atoms. The summed E-state index contributed by atoms with van der Waals surface area (Å²) in [7, 11) is 0. The summed E-state index contributed by atoms with van der Waals surface area (Å²) in [5.41, 5.74) is 0.586. The molecule has 1 amide bonds. The van der Waals surface area contributed by atoms with Crippen LogP contribution < -0.4 is 5.32 Å². The number of para-hydroxylation sites is 1. The number of fused-ring (bicyclic) bond motifs is 1. The number of hydrogen-bond acceptors (Lipinski definition) is 6. The number of nitriles is 1. The third-order valence-corrected chi connectivity index (χ3v) is 4.54. The Morgan fingerprint density at radius 2 is 2.04 bits per heavy atom. The van der Waals surface area contributed by atoms with Gasteiger partial charge in [-0.25, -0.2) is 4.98 Å². The summed E-state index contributed by atoms with van der Waals surface area (Å²) in [6, 6.07) is 11.4. The lowest BCUT2D eigenvalue weighted by atomic mass is 9.87. The zero-order chi connectivity index (χ0) is 17.3. The molecule has 1 aromatic carbocycles. The van der Waals surface area contributed by atoms with Crippen LogP contribution in [0.5, 0.6) is 0 Å². The van der Waals surface area contributed by atoms with E-state index in [1.54, 1.807) is 16.9 Å². The monoisotopic (exact) mass is 333 g/mol. The second-order valence-corrected chi connectivity index (χ2v) is 6.08. The molecule has 1 fully saturated rings. The lowest BCUT2D eigenvalue weighted by molar-refractivity contribution is -0.122. The van der Waals surface area contributed by atoms with Crippen molar-refractivity contribution in [2.24, 2.45) is 5.41 Å². The Morgan fingerprint density at radius 1 is 1.24 bits per heavy atom. The van der Waals surface area contributed by atoms with Gasteiger partial charge in [-0.05, 0) is 25.0 Å². The maximum absolute atomic E-state index is 12.5. The van der Waals surface area contributed by atoms with Gasteiger partial charge in [0.2, 0.25) is 11.9 Å². The second-order valence-electron chi connectivity index (χ2n) is 6.08. The van der Waals surface area contributed by atoms with E-state index in [-0.39, 0.29) is 11.9 Å². The van der Waals surface area contributed by atoms with Crippen molar-refractivity contribution in [3.05, 3.63) is 36.5 Å². The van der Waals surface area contributed by atoms with E-state index in [0.29, 0.717) is 18.7 Å². The van der Waals surface area contributed by atoms with Gasteiger partial charge in [-0.1, -0.05) is 30.2 Å². The standard InChI is InChI=1S/C17H15N7O/c18-11-17(8-3-4-9-17)15(25)21-16-19-10-7-14(20-16)24-13-6-2-1-5-12(13)22-23-24/h1-2,5-7,10H,3-4,8-9H2,(H,19,20,21,25). The van der Waals surface area contributed by atoms with Gasteiger partial charge in [0.05, 0.1) is 11.6 Å². The zero-order valence-corrected chi connectivity index (χ0v) is 13.4. The van der Waals surface area contributed by atoms with Crippen molar-refractivity contribution in [1.29, 1.82) is 5.26 Å². The van der Waals surface area contributed by atoms with Gasteiger partial charge < -0.3 is 0 Å². The molecule has 1 saturated carbocycles. The van der Waals surface area contributed by atoms with Gasteiger partial charge in [-0.15, -0.1) is 5.10 Å². The topological polar surface area (TPSA) is 109 Å². The molecule has 0 radical (unpaired) electrons. The molecule has 2 heterocycles. The summed E-state index contributed by atoms with van der Waals surface area (Å²) < 4.78 is 1.59. The van der Waals surface area contributed by atoms with Crippen LogP contribution in [0.1, 0.15) is 25.7 Å². The largest absolute Gasteiger partial charge is 0.293 e. The SMILES string of the molecule is N#CC1(C(=O)Nc2nccc(-n3nnc4ccccc43)n2)CCCC1. The smallest absolute Gasteiger partial charge is 0.247 e. The minimum atomic E-state index is -0.973. The van der Waals surface area contributed by atoms with Crippen molar-refractivity contribution in [3.8, 4) is 11.9 Å². The highest BCUT2D eigenvalue weighted by Gasteiger charge is 2.41. The Bertz CT molecular complexity index is 982. The fourth-order valence-electron chi connectivity index (χ4n) is 3.15. The molecule has 1 N–H and O–H groups in total. The van der Waals surface area contributed by atoms with Crippen LogP contribution in [0.4, 0.5) is 5.95 Å². The van der Waals surface area contributed by atoms with E-state index in [9.17, 15) is 10.1 Å². The van der Waals surface area contributed by atoms with Crippen molar-refractivity contribution in [1.82, 2.24) is 25.0 Å². The van der Waals surface area contributed by atoms with E-state index in [0.717, 1.165) is 23.9 Å². The minimum Gasteiger partial charge on any atom is -0.293 e. The molecule has 8 nitrogen and oxygen atoms in total. The summed E-state index contributed by atoms with van der Waals surface area (Å²) in [6.45, 7) is 0. The quantitative estimate of drug-likeness (QED) is 0.787. The van der Waals surface area contributed by atoms with Crippen LogP contribution in [0, 0.1) is 16.7 Å².